The molecule has 0 rings (SSSR count). The maximum atomic E-state index is 12.2. The van der Waals surface area contributed by atoms with Crippen molar-refractivity contribution in [3.63, 3.8) is 0 Å². The molecule has 0 aromatic carbocycles. The maximum Gasteiger partial charge on any atom is 0.435 e. The number of carboxylic acids is 1. The van der Waals surface area contributed by atoms with Gasteiger partial charge in [-0.15, -0.1) is 0 Å². The number of hydrogen-bond acceptors (Lipinski definition) is 4. The average Bonchev–Trinajstić information content (AvgIpc) is 2.18. The number of amides is 1. The highest BCUT2D eigenvalue weighted by Crippen LogP contribution is 2.20. The molecule has 0 aromatic rings. The van der Waals surface area contributed by atoms with Gasteiger partial charge in [-0.05, 0) is 48.0 Å². The number of hydrogen-bond donors (Lipinski definition) is 1. The van der Waals surface area contributed by atoms with Gasteiger partial charge in [-0.3, -0.25) is 4.84 Å². The van der Waals surface area contributed by atoms with E-state index in [2.05, 4.69) is 0 Å². The van der Waals surface area contributed by atoms with Crippen LogP contribution >= 0.6 is 0 Å². The Balaban J connectivity index is 5.24. The summed E-state index contributed by atoms with van der Waals surface area (Å²) in [4.78, 5) is 29.0. The van der Waals surface area contributed by atoms with Crippen molar-refractivity contribution in [1.82, 2.24) is 5.06 Å². The lowest BCUT2D eigenvalue weighted by molar-refractivity contribution is -0.233. The van der Waals surface area contributed by atoms with Crippen LogP contribution in [-0.4, -0.2) is 39.5 Å². The van der Waals surface area contributed by atoms with Gasteiger partial charge in [0.25, 0.3) is 0 Å². The third-order valence-electron chi connectivity index (χ3n) is 2.08. The van der Waals surface area contributed by atoms with E-state index in [0.717, 1.165) is 5.06 Å². The molecule has 0 saturated heterocycles. The Bertz CT molecular complexity index is 340. The molecule has 0 unspecified atom stereocenters. The number of rotatable bonds is 5. The van der Waals surface area contributed by atoms with Crippen LogP contribution in [0, 0.1) is 0 Å². The van der Waals surface area contributed by atoms with Gasteiger partial charge in [0.2, 0.25) is 0 Å². The largest absolute Gasteiger partial charge is 0.480 e. The first kappa shape index (κ1) is 18.7. The summed E-state index contributed by atoms with van der Waals surface area (Å²) in [6.07, 6.45) is 0.127. The van der Waals surface area contributed by atoms with Gasteiger partial charge in [0.1, 0.15) is 5.60 Å². The Morgan fingerprint density at radius 3 is 1.90 bits per heavy atom. The predicted octanol–water partition coefficient (Wildman–Crippen LogP) is 3.21. The van der Waals surface area contributed by atoms with Crippen LogP contribution in [0.4, 0.5) is 4.79 Å². The molecule has 0 aliphatic heterocycles. The SMILES string of the molecule is CCC[C@@H](C(=O)O)N(OC(C)(C)C)C(=O)OC(C)(C)C. The molecule has 0 heterocycles. The molecule has 1 amide bonds. The number of carboxylic acid groups (broad SMARTS) is 1. The molecule has 118 valence electrons. The second kappa shape index (κ2) is 6.92. The molecule has 0 spiro atoms. The molecule has 0 aliphatic carbocycles. The standard InChI is InChI=1S/C14H27NO5/c1-8-9-10(11(16)17)15(20-14(5,6)7)12(18)19-13(2,3)4/h10H,8-9H2,1-7H3,(H,16,17)/t10-/m0/s1. The molecule has 1 N–H and O–H groups in total. The normalized spacial score (nSPS) is 13.8. The molecular formula is C14H27NO5. The van der Waals surface area contributed by atoms with Crippen LogP contribution in [0.15, 0.2) is 0 Å². The van der Waals surface area contributed by atoms with Crippen molar-refractivity contribution in [3.8, 4) is 0 Å². The van der Waals surface area contributed by atoms with E-state index in [-0.39, 0.29) is 0 Å². The topological polar surface area (TPSA) is 76.1 Å². The number of aliphatic carboxylic acids is 1. The van der Waals surface area contributed by atoms with Crippen LogP contribution in [0.3, 0.4) is 0 Å². The third kappa shape index (κ3) is 7.33. The van der Waals surface area contributed by atoms with Crippen molar-refractivity contribution in [2.45, 2.75) is 78.6 Å². The van der Waals surface area contributed by atoms with Crippen molar-refractivity contribution in [2.75, 3.05) is 0 Å². The third-order valence-corrected chi connectivity index (χ3v) is 2.08. The van der Waals surface area contributed by atoms with E-state index in [1.165, 1.54) is 0 Å². The minimum absolute atomic E-state index is 0.296. The summed E-state index contributed by atoms with van der Waals surface area (Å²) in [6, 6.07) is -1.06. The van der Waals surface area contributed by atoms with Gasteiger partial charge >= 0.3 is 12.1 Å². The van der Waals surface area contributed by atoms with E-state index in [1.54, 1.807) is 41.5 Å². The van der Waals surface area contributed by atoms with Crippen molar-refractivity contribution in [3.05, 3.63) is 0 Å². The van der Waals surface area contributed by atoms with Crippen molar-refractivity contribution in [1.29, 1.82) is 0 Å². The fourth-order valence-electron chi connectivity index (χ4n) is 1.44. The van der Waals surface area contributed by atoms with Crippen molar-refractivity contribution >= 4 is 12.1 Å². The highest BCUT2D eigenvalue weighted by Gasteiger charge is 2.36. The predicted molar refractivity (Wildman–Crippen MR) is 75.2 cm³/mol. The zero-order valence-electron chi connectivity index (χ0n) is 13.5. The molecule has 0 fully saturated rings. The van der Waals surface area contributed by atoms with Crippen LogP contribution in [0.2, 0.25) is 0 Å². The van der Waals surface area contributed by atoms with E-state index >= 15 is 0 Å². The van der Waals surface area contributed by atoms with Gasteiger partial charge in [-0.2, -0.15) is 5.06 Å². The van der Waals surface area contributed by atoms with Crippen molar-refractivity contribution in [2.24, 2.45) is 0 Å². The monoisotopic (exact) mass is 289 g/mol. The summed E-state index contributed by atoms with van der Waals surface area (Å²) < 4.78 is 5.22. The Hall–Kier alpha value is -1.30. The summed E-state index contributed by atoms with van der Waals surface area (Å²) in [6.45, 7) is 12.2. The summed E-state index contributed by atoms with van der Waals surface area (Å²) in [7, 11) is 0. The first-order valence-electron chi connectivity index (χ1n) is 6.81. The minimum atomic E-state index is -1.11. The number of ether oxygens (including phenoxy) is 1. The fourth-order valence-corrected chi connectivity index (χ4v) is 1.44. The van der Waals surface area contributed by atoms with E-state index < -0.39 is 29.3 Å². The van der Waals surface area contributed by atoms with E-state index in [1.807, 2.05) is 6.92 Å². The second-order valence-corrected chi connectivity index (χ2v) is 6.65. The van der Waals surface area contributed by atoms with Gasteiger partial charge < -0.3 is 9.84 Å². The molecule has 0 saturated carbocycles. The lowest BCUT2D eigenvalue weighted by Crippen LogP contribution is -2.50. The van der Waals surface area contributed by atoms with Gasteiger partial charge in [0.15, 0.2) is 6.04 Å². The van der Waals surface area contributed by atoms with Crippen LogP contribution in [-0.2, 0) is 14.4 Å². The molecule has 0 radical (unpaired) electrons. The van der Waals surface area contributed by atoms with E-state index in [0.29, 0.717) is 12.8 Å². The van der Waals surface area contributed by atoms with Crippen LogP contribution < -0.4 is 0 Å². The molecular weight excluding hydrogens is 262 g/mol. The second-order valence-electron chi connectivity index (χ2n) is 6.65. The number of nitrogens with zero attached hydrogens (tertiary/aromatic N) is 1. The Labute approximate surface area is 121 Å². The van der Waals surface area contributed by atoms with Gasteiger partial charge in [-0.25, -0.2) is 9.59 Å². The number of carbonyl (C=O) groups is 2. The first-order chi connectivity index (χ1) is 8.87. The lowest BCUT2D eigenvalue weighted by Gasteiger charge is -2.34. The van der Waals surface area contributed by atoms with Crippen LogP contribution in [0.5, 0.6) is 0 Å². The highest BCUT2D eigenvalue weighted by atomic mass is 16.7. The zero-order valence-corrected chi connectivity index (χ0v) is 13.5. The van der Waals surface area contributed by atoms with Gasteiger partial charge in [-0.1, -0.05) is 13.3 Å². The lowest BCUT2D eigenvalue weighted by atomic mass is 10.1. The van der Waals surface area contributed by atoms with Gasteiger partial charge in [0.05, 0.1) is 5.60 Å². The maximum absolute atomic E-state index is 12.2. The summed E-state index contributed by atoms with van der Waals surface area (Å²) in [5.74, 6) is -1.11. The first-order valence-corrected chi connectivity index (χ1v) is 6.81. The summed E-state index contributed by atoms with van der Waals surface area (Å²) in [5.41, 5.74) is -1.41. The molecule has 0 aromatic heterocycles. The molecule has 20 heavy (non-hydrogen) atoms. The fraction of sp³-hybridized carbons (Fsp3) is 0.857. The summed E-state index contributed by atoms with van der Waals surface area (Å²) >= 11 is 0. The molecule has 6 heteroatoms. The Morgan fingerprint density at radius 1 is 1.10 bits per heavy atom. The molecule has 0 bridgehead atoms. The Morgan fingerprint density at radius 2 is 1.60 bits per heavy atom. The van der Waals surface area contributed by atoms with E-state index in [9.17, 15) is 14.7 Å². The minimum Gasteiger partial charge on any atom is -0.480 e. The smallest absolute Gasteiger partial charge is 0.435 e. The van der Waals surface area contributed by atoms with E-state index in [4.69, 9.17) is 9.57 Å². The molecule has 6 nitrogen and oxygen atoms in total. The molecule has 0 aliphatic rings. The Kier molecular flexibility index (Phi) is 6.47. The van der Waals surface area contributed by atoms with Gasteiger partial charge in [0, 0.05) is 0 Å². The van der Waals surface area contributed by atoms with Crippen molar-refractivity contribution < 1.29 is 24.3 Å². The van der Waals surface area contributed by atoms with Crippen LogP contribution in [0.25, 0.3) is 0 Å². The molecule has 1 atom stereocenters. The highest BCUT2D eigenvalue weighted by molar-refractivity contribution is 5.79. The van der Waals surface area contributed by atoms with Crippen LogP contribution in [0.1, 0.15) is 61.3 Å². The average molecular weight is 289 g/mol. The quantitative estimate of drug-likeness (QED) is 0.786. The number of carbonyl (C=O) groups excluding carboxylic acids is 1. The number of hydroxylamine groups is 2. The summed E-state index contributed by atoms with van der Waals surface area (Å²) in [5, 5.41) is 10.1. The zero-order chi connectivity index (χ0) is 16.1.